The van der Waals surface area contributed by atoms with Crippen molar-refractivity contribution in [3.8, 4) is 0 Å². The Morgan fingerprint density at radius 1 is 1.38 bits per heavy atom. The van der Waals surface area contributed by atoms with Crippen LogP contribution in [0.3, 0.4) is 0 Å². The molecule has 0 heterocycles. The van der Waals surface area contributed by atoms with Crippen LogP contribution in [0.1, 0.15) is 30.9 Å². The molecule has 0 atom stereocenters. The van der Waals surface area contributed by atoms with E-state index in [9.17, 15) is 0 Å². The first-order valence-corrected chi connectivity index (χ1v) is 6.90. The largest absolute Gasteiger partial charge is 0.400 e. The molecule has 3 heteroatoms. The first kappa shape index (κ1) is 13.0. The molecule has 16 heavy (non-hydrogen) atoms. The molecule has 1 rings (SSSR count). The number of nitrogens with zero attached hydrogens (tertiary/aromatic N) is 1. The van der Waals surface area contributed by atoms with Crippen molar-refractivity contribution in [2.24, 2.45) is 5.16 Å². The van der Waals surface area contributed by atoms with Gasteiger partial charge in [0.1, 0.15) is 15.7 Å². The van der Waals surface area contributed by atoms with E-state index in [0.29, 0.717) is 15.7 Å². The van der Waals surface area contributed by atoms with Gasteiger partial charge >= 0.3 is 0 Å². The normalized spacial score (nSPS) is 10.9. The van der Waals surface area contributed by atoms with E-state index in [1.54, 1.807) is 0 Å². The molecule has 0 unspecified atom stereocenters. The highest BCUT2D eigenvalue weighted by atomic mass is 28.2. The molecule has 0 spiro atoms. The van der Waals surface area contributed by atoms with Gasteiger partial charge in [-0.1, -0.05) is 41.9 Å². The average Bonchev–Trinajstić information content (AvgIpc) is 2.29. The summed E-state index contributed by atoms with van der Waals surface area (Å²) in [5.41, 5.74) is 2.72. The predicted molar refractivity (Wildman–Crippen MR) is 70.7 cm³/mol. The molecule has 1 aromatic rings. The minimum absolute atomic E-state index is 0.676. The monoisotopic (exact) mass is 233 g/mol. The van der Waals surface area contributed by atoms with Gasteiger partial charge in [0, 0.05) is 6.21 Å². The van der Waals surface area contributed by atoms with Crippen molar-refractivity contribution in [2.45, 2.75) is 33.6 Å². The van der Waals surface area contributed by atoms with Crippen LogP contribution in [0.25, 0.3) is 0 Å². The van der Waals surface area contributed by atoms with Crippen LogP contribution in [0.4, 0.5) is 0 Å². The second-order valence-electron chi connectivity index (χ2n) is 3.77. The van der Waals surface area contributed by atoms with E-state index in [4.69, 9.17) is 4.84 Å². The summed E-state index contributed by atoms with van der Waals surface area (Å²) in [7, 11) is 0.676. The Morgan fingerprint density at radius 2 is 2.19 bits per heavy atom. The van der Waals surface area contributed by atoms with Crippen LogP contribution < -0.4 is 5.19 Å². The minimum atomic E-state index is 0.676. The molecule has 0 aliphatic rings. The highest BCUT2D eigenvalue weighted by Crippen LogP contribution is 2.01. The lowest BCUT2D eigenvalue weighted by atomic mass is 10.1. The van der Waals surface area contributed by atoms with Crippen molar-refractivity contribution in [2.75, 3.05) is 6.23 Å². The lowest BCUT2D eigenvalue weighted by molar-refractivity contribution is 0.192. The fraction of sp³-hybridized carbons (Fsp3) is 0.462. The molecule has 0 aromatic heterocycles. The molecule has 0 bridgehead atoms. The van der Waals surface area contributed by atoms with Crippen LogP contribution in [0.15, 0.2) is 23.4 Å². The fourth-order valence-electron chi connectivity index (χ4n) is 1.32. The number of oxime groups is 1. The summed E-state index contributed by atoms with van der Waals surface area (Å²) in [6, 6.07) is 6.41. The second kappa shape index (κ2) is 7.22. The van der Waals surface area contributed by atoms with Crippen LogP contribution in [0.2, 0.25) is 0 Å². The molecule has 0 saturated carbocycles. The smallest absolute Gasteiger partial charge is 0.135 e. The molecular weight excluding hydrogens is 214 g/mol. The van der Waals surface area contributed by atoms with Gasteiger partial charge in [0.05, 0.1) is 0 Å². The highest BCUT2D eigenvalue weighted by molar-refractivity contribution is 6.53. The van der Waals surface area contributed by atoms with Gasteiger partial charge in [0.25, 0.3) is 0 Å². The number of benzene rings is 1. The van der Waals surface area contributed by atoms with Crippen molar-refractivity contribution < 1.29 is 4.84 Å². The molecule has 0 N–H and O–H groups in total. The zero-order chi connectivity index (χ0) is 11.8. The van der Waals surface area contributed by atoms with Crippen molar-refractivity contribution in [1.29, 1.82) is 0 Å². The van der Waals surface area contributed by atoms with E-state index >= 15 is 0 Å². The van der Waals surface area contributed by atoms with Crippen LogP contribution in [-0.2, 0) is 4.84 Å². The summed E-state index contributed by atoms with van der Waals surface area (Å²) in [5, 5.41) is 5.29. The van der Waals surface area contributed by atoms with Crippen molar-refractivity contribution in [1.82, 2.24) is 0 Å². The van der Waals surface area contributed by atoms with Crippen LogP contribution in [0, 0.1) is 13.8 Å². The fourth-order valence-corrected chi connectivity index (χ4v) is 2.30. The summed E-state index contributed by atoms with van der Waals surface area (Å²) < 4.78 is 0. The van der Waals surface area contributed by atoms with E-state index in [-0.39, 0.29) is 0 Å². The van der Waals surface area contributed by atoms with Crippen molar-refractivity contribution in [3.05, 3.63) is 29.3 Å². The molecule has 0 aliphatic heterocycles. The van der Waals surface area contributed by atoms with E-state index in [2.05, 4.69) is 44.1 Å². The topological polar surface area (TPSA) is 21.6 Å². The van der Waals surface area contributed by atoms with Crippen LogP contribution in [0.5, 0.6) is 0 Å². The number of hydrogen-bond donors (Lipinski definition) is 0. The summed E-state index contributed by atoms with van der Waals surface area (Å²) in [4.78, 5) is 5.22. The Hall–Kier alpha value is -1.09. The van der Waals surface area contributed by atoms with Crippen LogP contribution >= 0.6 is 0 Å². The number of unbranched alkanes of at least 4 members (excludes halogenated alkanes) is 1. The Bertz CT molecular complexity index is 350. The molecule has 1 aromatic carbocycles. The Kier molecular flexibility index (Phi) is 5.86. The molecule has 86 valence electrons. The van der Waals surface area contributed by atoms with Gasteiger partial charge in [-0.25, -0.2) is 0 Å². The van der Waals surface area contributed by atoms with Gasteiger partial charge in [-0.2, -0.15) is 0 Å². The summed E-state index contributed by atoms with van der Waals surface area (Å²) >= 11 is 0. The third kappa shape index (κ3) is 4.19. The maximum atomic E-state index is 5.22. The van der Waals surface area contributed by atoms with E-state index in [1.807, 2.05) is 6.21 Å². The quantitative estimate of drug-likeness (QED) is 0.320. The molecule has 0 amide bonds. The Balaban J connectivity index is 2.35. The van der Waals surface area contributed by atoms with Gasteiger partial charge < -0.3 is 4.84 Å². The average molecular weight is 233 g/mol. The number of rotatable bonds is 6. The minimum Gasteiger partial charge on any atom is -0.400 e. The Labute approximate surface area is 101 Å². The maximum Gasteiger partial charge on any atom is 0.135 e. The molecule has 2 radical (unpaired) electrons. The molecule has 0 saturated heterocycles. The molecule has 0 fully saturated rings. The first-order chi connectivity index (χ1) is 7.75. The van der Waals surface area contributed by atoms with E-state index < -0.39 is 0 Å². The first-order valence-electron chi connectivity index (χ1n) is 5.69. The zero-order valence-electron chi connectivity index (χ0n) is 10.3. The van der Waals surface area contributed by atoms with Gasteiger partial charge in [-0.15, -0.1) is 0 Å². The second-order valence-corrected chi connectivity index (χ2v) is 4.96. The summed E-state index contributed by atoms with van der Waals surface area (Å²) in [5.74, 6) is 0. The molecular formula is C13H19NOSi. The third-order valence-corrected chi connectivity index (χ3v) is 3.69. The molecule has 2 nitrogen and oxygen atoms in total. The van der Waals surface area contributed by atoms with Gasteiger partial charge in [0.15, 0.2) is 0 Å². The van der Waals surface area contributed by atoms with Crippen molar-refractivity contribution >= 4 is 20.9 Å². The number of hydrogen-bond acceptors (Lipinski definition) is 2. The Morgan fingerprint density at radius 3 is 2.94 bits per heavy atom. The third-order valence-electron chi connectivity index (χ3n) is 2.50. The highest BCUT2D eigenvalue weighted by Gasteiger charge is 2.01. The standard InChI is InChI=1S/C13H19NOSi/c1-4-5-9-14-15-10-16-13-8-6-7-11(2)12(13)3/h6-9H,4-5,10H2,1-3H3. The van der Waals surface area contributed by atoms with Crippen molar-refractivity contribution in [3.63, 3.8) is 0 Å². The zero-order valence-corrected chi connectivity index (χ0v) is 11.3. The summed E-state index contributed by atoms with van der Waals surface area (Å²) in [6.07, 6.45) is 4.64. The maximum absolute atomic E-state index is 5.22. The van der Waals surface area contributed by atoms with E-state index in [0.717, 1.165) is 12.8 Å². The lowest BCUT2D eigenvalue weighted by Crippen LogP contribution is -2.22. The van der Waals surface area contributed by atoms with Crippen LogP contribution in [-0.4, -0.2) is 22.0 Å². The molecule has 0 aliphatic carbocycles. The number of aryl methyl sites for hydroxylation is 1. The van der Waals surface area contributed by atoms with Gasteiger partial charge in [-0.3, -0.25) is 0 Å². The lowest BCUT2D eigenvalue weighted by Gasteiger charge is -2.06. The van der Waals surface area contributed by atoms with Gasteiger partial charge in [-0.05, 0) is 31.4 Å². The predicted octanol–water partition coefficient (Wildman–Crippen LogP) is 2.39. The van der Waals surface area contributed by atoms with E-state index in [1.165, 1.54) is 16.3 Å². The summed E-state index contributed by atoms with van der Waals surface area (Å²) in [6.45, 7) is 6.44. The van der Waals surface area contributed by atoms with Gasteiger partial charge in [0.2, 0.25) is 0 Å². The SMILES string of the molecule is CCCC=NOC[Si]c1cccc(C)c1C.